The van der Waals surface area contributed by atoms with Crippen LogP contribution in [0.15, 0.2) is 12.1 Å². The predicted octanol–water partition coefficient (Wildman–Crippen LogP) is -1.78. The number of benzene rings is 1. The van der Waals surface area contributed by atoms with E-state index in [9.17, 15) is 9.90 Å². The van der Waals surface area contributed by atoms with Crippen LogP contribution in [0, 0.1) is 6.92 Å². The average molecular weight is 192 g/mol. The van der Waals surface area contributed by atoms with E-state index in [1.165, 1.54) is 13.0 Å². The molecule has 0 aromatic heterocycles. The van der Waals surface area contributed by atoms with Crippen molar-refractivity contribution in [3.63, 3.8) is 0 Å². The molecule has 0 radical (unpaired) electrons. The normalized spacial score (nSPS) is 9.00. The summed E-state index contributed by atoms with van der Waals surface area (Å²) in [4.78, 5) is 10.5. The molecule has 3 N–H and O–H groups in total. The van der Waals surface area contributed by atoms with Gasteiger partial charge >= 0.3 is 35.5 Å². The summed E-state index contributed by atoms with van der Waals surface area (Å²) < 4.78 is 0. The molecule has 0 aliphatic rings. The summed E-state index contributed by atoms with van der Waals surface area (Å²) in [6.07, 6.45) is 0. The van der Waals surface area contributed by atoms with Gasteiger partial charge in [-0.15, -0.1) is 0 Å². The van der Waals surface area contributed by atoms with Gasteiger partial charge in [0.05, 0.1) is 0 Å². The third kappa shape index (κ3) is 2.62. The Kier molecular flexibility index (Phi) is 4.26. The molecule has 0 fully saturated rings. The van der Waals surface area contributed by atoms with Gasteiger partial charge in [-0.1, -0.05) is 0 Å². The van der Waals surface area contributed by atoms with Gasteiger partial charge in [-0.3, -0.25) is 0 Å². The van der Waals surface area contributed by atoms with Crippen molar-refractivity contribution in [2.24, 2.45) is 0 Å². The van der Waals surface area contributed by atoms with Gasteiger partial charge in [0.1, 0.15) is 17.1 Å². The summed E-state index contributed by atoms with van der Waals surface area (Å²) in [7, 11) is 0. The standard InChI is InChI=1S/C8H8O4.Na.H/c1-4-2-5(9)3-6(7(4)10)8(11)12;;/h2-3,9-10H,1H3,(H,11,12);;/q;+1;-1. The molecule has 5 heteroatoms. The molecule has 0 saturated carbocycles. The van der Waals surface area contributed by atoms with Crippen molar-refractivity contribution < 1.29 is 51.1 Å². The summed E-state index contributed by atoms with van der Waals surface area (Å²) in [5.41, 5.74) is 0.0555. The number of phenols is 2. The Labute approximate surface area is 98.6 Å². The van der Waals surface area contributed by atoms with E-state index in [0.29, 0.717) is 5.56 Å². The van der Waals surface area contributed by atoms with Gasteiger partial charge in [0.2, 0.25) is 0 Å². The molecule has 0 bridgehead atoms. The number of carbonyl (C=O) groups is 1. The molecule has 1 aromatic carbocycles. The molecular weight excluding hydrogens is 183 g/mol. The Bertz CT molecular complexity index is 340. The molecule has 0 heterocycles. The van der Waals surface area contributed by atoms with E-state index in [1.807, 2.05) is 0 Å². The number of carboxylic acid groups (broad SMARTS) is 1. The van der Waals surface area contributed by atoms with Crippen LogP contribution in [0.4, 0.5) is 0 Å². The summed E-state index contributed by atoms with van der Waals surface area (Å²) in [6, 6.07) is 2.30. The maximum Gasteiger partial charge on any atom is 1.00 e. The number of aryl methyl sites for hydroxylation is 1. The van der Waals surface area contributed by atoms with Gasteiger partial charge in [0.25, 0.3) is 0 Å². The second-order valence-corrected chi connectivity index (χ2v) is 2.46. The Hall–Kier alpha value is -0.710. The van der Waals surface area contributed by atoms with Crippen LogP contribution in [-0.2, 0) is 0 Å². The Morgan fingerprint density at radius 1 is 1.38 bits per heavy atom. The van der Waals surface area contributed by atoms with Crippen LogP contribution >= 0.6 is 0 Å². The fraction of sp³-hybridized carbons (Fsp3) is 0.125. The minimum Gasteiger partial charge on any atom is -1.00 e. The largest absolute Gasteiger partial charge is 1.00 e. The third-order valence-corrected chi connectivity index (χ3v) is 1.52. The Morgan fingerprint density at radius 2 is 1.92 bits per heavy atom. The van der Waals surface area contributed by atoms with E-state index in [-0.39, 0.29) is 48.0 Å². The maximum absolute atomic E-state index is 10.5. The maximum atomic E-state index is 10.5. The molecule has 0 spiro atoms. The Morgan fingerprint density at radius 3 is 2.38 bits per heavy atom. The number of carboxylic acids is 1. The zero-order valence-electron chi connectivity index (χ0n) is 8.40. The molecule has 0 unspecified atom stereocenters. The fourth-order valence-corrected chi connectivity index (χ4v) is 0.924. The molecule has 13 heavy (non-hydrogen) atoms. The van der Waals surface area contributed by atoms with Crippen molar-refractivity contribution in [1.82, 2.24) is 0 Å². The molecule has 1 rings (SSSR count). The molecule has 0 saturated heterocycles. The van der Waals surface area contributed by atoms with Crippen molar-refractivity contribution >= 4 is 5.97 Å². The molecule has 0 aliphatic carbocycles. The minimum absolute atomic E-state index is 0. The molecule has 1 aromatic rings. The number of hydrogen-bond acceptors (Lipinski definition) is 3. The minimum atomic E-state index is -1.26. The van der Waals surface area contributed by atoms with E-state index >= 15 is 0 Å². The van der Waals surface area contributed by atoms with Gasteiger partial charge in [-0.05, 0) is 24.6 Å². The van der Waals surface area contributed by atoms with Gasteiger partial charge in [-0.2, -0.15) is 0 Å². The average Bonchev–Trinajstić information content (AvgIpc) is 1.96. The topological polar surface area (TPSA) is 77.8 Å². The van der Waals surface area contributed by atoms with Crippen molar-refractivity contribution in [3.05, 3.63) is 23.3 Å². The number of rotatable bonds is 1. The first-order valence-electron chi connectivity index (χ1n) is 3.28. The zero-order chi connectivity index (χ0) is 9.30. The van der Waals surface area contributed by atoms with E-state index < -0.39 is 5.97 Å². The van der Waals surface area contributed by atoms with Crippen LogP contribution in [0.2, 0.25) is 0 Å². The van der Waals surface area contributed by atoms with Crippen LogP contribution in [0.5, 0.6) is 11.5 Å². The van der Waals surface area contributed by atoms with Gasteiger partial charge in [0, 0.05) is 0 Å². The first-order chi connectivity index (χ1) is 5.52. The summed E-state index contributed by atoms with van der Waals surface area (Å²) in [5, 5.41) is 26.7. The molecule has 4 nitrogen and oxygen atoms in total. The second-order valence-electron chi connectivity index (χ2n) is 2.46. The number of aromatic carboxylic acids is 1. The first kappa shape index (κ1) is 12.3. The SMILES string of the molecule is Cc1cc(O)cc(C(=O)O)c1O.[H-].[Na+]. The third-order valence-electron chi connectivity index (χ3n) is 1.52. The fourth-order valence-electron chi connectivity index (χ4n) is 0.924. The summed E-state index contributed by atoms with van der Waals surface area (Å²) >= 11 is 0. The van der Waals surface area contributed by atoms with Crippen molar-refractivity contribution in [2.75, 3.05) is 0 Å². The number of aromatic hydroxyl groups is 2. The van der Waals surface area contributed by atoms with E-state index in [0.717, 1.165) is 6.07 Å². The molecule has 66 valence electrons. The van der Waals surface area contributed by atoms with Crippen molar-refractivity contribution in [3.8, 4) is 11.5 Å². The molecular formula is C8H9NaO4. The summed E-state index contributed by atoms with van der Waals surface area (Å²) in [5.74, 6) is -1.73. The second kappa shape index (κ2) is 4.50. The first-order valence-corrected chi connectivity index (χ1v) is 3.28. The summed E-state index contributed by atoms with van der Waals surface area (Å²) in [6.45, 7) is 1.52. The zero-order valence-corrected chi connectivity index (χ0v) is 9.40. The van der Waals surface area contributed by atoms with Crippen LogP contribution in [0.3, 0.4) is 0 Å². The van der Waals surface area contributed by atoms with Gasteiger partial charge in [-0.25, -0.2) is 4.79 Å². The van der Waals surface area contributed by atoms with E-state index in [2.05, 4.69) is 0 Å². The molecule has 0 amide bonds. The predicted molar refractivity (Wildman–Crippen MR) is 42.6 cm³/mol. The Balaban J connectivity index is 0. The van der Waals surface area contributed by atoms with Crippen LogP contribution in [0.1, 0.15) is 17.3 Å². The molecule has 0 aliphatic heterocycles. The van der Waals surface area contributed by atoms with E-state index in [1.54, 1.807) is 0 Å². The van der Waals surface area contributed by atoms with Crippen LogP contribution in [-0.4, -0.2) is 21.3 Å². The monoisotopic (exact) mass is 192 g/mol. The quantitative estimate of drug-likeness (QED) is 0.363. The van der Waals surface area contributed by atoms with Crippen molar-refractivity contribution in [1.29, 1.82) is 0 Å². The van der Waals surface area contributed by atoms with Crippen molar-refractivity contribution in [2.45, 2.75) is 6.92 Å². The van der Waals surface area contributed by atoms with Crippen LogP contribution in [0.25, 0.3) is 0 Å². The van der Waals surface area contributed by atoms with Gasteiger partial charge < -0.3 is 16.7 Å². The smallest absolute Gasteiger partial charge is 1.00 e. The molecule has 0 atom stereocenters. The number of hydrogen-bond donors (Lipinski definition) is 3. The number of phenolic OH excluding ortho intramolecular Hbond substituents is 1. The van der Waals surface area contributed by atoms with Gasteiger partial charge in [0.15, 0.2) is 0 Å². The van der Waals surface area contributed by atoms with Crippen LogP contribution < -0.4 is 29.6 Å². The van der Waals surface area contributed by atoms with E-state index in [4.69, 9.17) is 10.2 Å².